The highest BCUT2D eigenvalue weighted by molar-refractivity contribution is 5.81. The normalized spacial score (nSPS) is 9.73. The molecule has 0 atom stereocenters. The summed E-state index contributed by atoms with van der Waals surface area (Å²) < 4.78 is 11.3. The van der Waals surface area contributed by atoms with E-state index in [0.29, 0.717) is 29.2 Å². The number of benzene rings is 3. The van der Waals surface area contributed by atoms with Crippen LogP contribution in [0.5, 0.6) is 11.5 Å². The predicted molar refractivity (Wildman–Crippen MR) is 102 cm³/mol. The molecule has 0 N–H and O–H groups in total. The molecule has 0 fully saturated rings. The molecule has 3 rings (SSSR count). The molecule has 0 aliphatic rings. The minimum absolute atomic E-state index is 0.393. The molecule has 0 saturated heterocycles. The second kappa shape index (κ2) is 8.55. The summed E-state index contributed by atoms with van der Waals surface area (Å²) in [5, 5.41) is 0. The van der Waals surface area contributed by atoms with Crippen LogP contribution in [0.15, 0.2) is 72.8 Å². The summed E-state index contributed by atoms with van der Waals surface area (Å²) in [5.41, 5.74) is 2.99. The molecular weight excluding hydrogens is 324 g/mol. The molecule has 0 radical (unpaired) electrons. The maximum atomic E-state index is 11.5. The van der Waals surface area contributed by atoms with E-state index in [4.69, 9.17) is 9.47 Å². The zero-order chi connectivity index (χ0) is 18.2. The van der Waals surface area contributed by atoms with E-state index in [0.717, 1.165) is 17.4 Å². The fourth-order valence-electron chi connectivity index (χ4n) is 2.45. The molecule has 3 heteroatoms. The summed E-state index contributed by atoms with van der Waals surface area (Å²) in [4.78, 5) is 11.5. The Labute approximate surface area is 153 Å². The molecule has 0 heterocycles. The first-order valence-corrected chi connectivity index (χ1v) is 8.21. The zero-order valence-electron chi connectivity index (χ0n) is 14.4. The SMILES string of the molecule is COc1cc(C#Cc2ccccc2)c(C=O)cc1OCc1ccccc1. The molecule has 0 aliphatic carbocycles. The van der Waals surface area contributed by atoms with Gasteiger partial charge >= 0.3 is 0 Å². The summed E-state index contributed by atoms with van der Waals surface area (Å²) in [5.74, 6) is 7.16. The van der Waals surface area contributed by atoms with E-state index in [9.17, 15) is 4.79 Å². The van der Waals surface area contributed by atoms with Crippen molar-refractivity contribution in [3.05, 3.63) is 95.1 Å². The van der Waals surface area contributed by atoms with Gasteiger partial charge in [0.05, 0.1) is 7.11 Å². The Hall–Kier alpha value is -3.51. The maximum absolute atomic E-state index is 11.5. The standard InChI is InChI=1S/C23H18O3/c1-25-22-14-20(13-12-18-8-4-2-5-9-18)21(16-24)15-23(22)26-17-19-10-6-3-7-11-19/h2-11,14-16H,17H2,1H3. The summed E-state index contributed by atoms with van der Waals surface area (Å²) in [6.07, 6.45) is 0.782. The lowest BCUT2D eigenvalue weighted by molar-refractivity contribution is 0.112. The second-order valence-electron chi connectivity index (χ2n) is 5.60. The first-order valence-electron chi connectivity index (χ1n) is 8.21. The van der Waals surface area contributed by atoms with Gasteiger partial charge in [-0.05, 0) is 23.8 Å². The molecule has 0 amide bonds. The van der Waals surface area contributed by atoms with Gasteiger partial charge in [-0.25, -0.2) is 0 Å². The fourth-order valence-corrected chi connectivity index (χ4v) is 2.45. The number of methoxy groups -OCH3 is 1. The lowest BCUT2D eigenvalue weighted by atomic mass is 10.1. The van der Waals surface area contributed by atoms with E-state index in [1.165, 1.54) is 0 Å². The highest BCUT2D eigenvalue weighted by atomic mass is 16.5. The van der Waals surface area contributed by atoms with Crippen LogP contribution in [0.4, 0.5) is 0 Å². The molecule has 0 aromatic heterocycles. The highest BCUT2D eigenvalue weighted by Crippen LogP contribution is 2.30. The van der Waals surface area contributed by atoms with Crippen molar-refractivity contribution in [1.82, 2.24) is 0 Å². The Morgan fingerprint density at radius 1 is 0.885 bits per heavy atom. The van der Waals surface area contributed by atoms with Gasteiger partial charge in [-0.3, -0.25) is 4.79 Å². The summed E-state index contributed by atoms with van der Waals surface area (Å²) in [6.45, 7) is 0.393. The van der Waals surface area contributed by atoms with E-state index in [1.807, 2.05) is 60.7 Å². The first kappa shape index (κ1) is 17.3. The van der Waals surface area contributed by atoms with Crippen LogP contribution in [0.3, 0.4) is 0 Å². The smallest absolute Gasteiger partial charge is 0.162 e. The summed E-state index contributed by atoms with van der Waals surface area (Å²) in [7, 11) is 1.57. The molecule has 128 valence electrons. The molecule has 26 heavy (non-hydrogen) atoms. The topological polar surface area (TPSA) is 35.5 Å². The number of hydrogen-bond donors (Lipinski definition) is 0. The van der Waals surface area contributed by atoms with Gasteiger partial charge in [-0.15, -0.1) is 0 Å². The van der Waals surface area contributed by atoms with Crippen LogP contribution in [0.2, 0.25) is 0 Å². The number of hydrogen-bond acceptors (Lipinski definition) is 3. The molecule has 0 aliphatic heterocycles. The van der Waals surface area contributed by atoms with Gasteiger partial charge in [0.1, 0.15) is 6.61 Å². The number of carbonyl (C=O) groups is 1. The van der Waals surface area contributed by atoms with Crippen molar-refractivity contribution < 1.29 is 14.3 Å². The lowest BCUT2D eigenvalue weighted by Gasteiger charge is -2.12. The monoisotopic (exact) mass is 342 g/mol. The van der Waals surface area contributed by atoms with E-state index < -0.39 is 0 Å². The van der Waals surface area contributed by atoms with Crippen molar-refractivity contribution in [1.29, 1.82) is 0 Å². The Morgan fingerprint density at radius 2 is 1.58 bits per heavy atom. The molecule has 3 aromatic rings. The van der Waals surface area contributed by atoms with Crippen molar-refractivity contribution in [2.45, 2.75) is 6.61 Å². The van der Waals surface area contributed by atoms with E-state index in [2.05, 4.69) is 11.8 Å². The van der Waals surface area contributed by atoms with Crippen LogP contribution >= 0.6 is 0 Å². The quantitative estimate of drug-likeness (QED) is 0.506. The van der Waals surface area contributed by atoms with Crippen LogP contribution in [-0.2, 0) is 6.61 Å². The molecule has 0 unspecified atom stereocenters. The first-order chi connectivity index (χ1) is 12.8. The van der Waals surface area contributed by atoms with Gasteiger partial charge in [0.25, 0.3) is 0 Å². The van der Waals surface area contributed by atoms with Crippen molar-refractivity contribution in [3.63, 3.8) is 0 Å². The minimum atomic E-state index is 0.393. The third kappa shape index (κ3) is 4.31. The van der Waals surface area contributed by atoms with E-state index in [-0.39, 0.29) is 0 Å². The Kier molecular flexibility index (Phi) is 5.69. The van der Waals surface area contributed by atoms with E-state index in [1.54, 1.807) is 19.2 Å². The van der Waals surface area contributed by atoms with Crippen molar-refractivity contribution in [2.24, 2.45) is 0 Å². The summed E-state index contributed by atoms with van der Waals surface area (Å²) >= 11 is 0. The second-order valence-corrected chi connectivity index (χ2v) is 5.60. The van der Waals surface area contributed by atoms with Crippen molar-refractivity contribution in [2.75, 3.05) is 7.11 Å². The Balaban J connectivity index is 1.88. The van der Waals surface area contributed by atoms with Crippen LogP contribution in [-0.4, -0.2) is 13.4 Å². The third-order valence-electron chi connectivity index (χ3n) is 3.82. The average Bonchev–Trinajstić information content (AvgIpc) is 2.72. The number of rotatable bonds is 5. The Morgan fingerprint density at radius 3 is 2.23 bits per heavy atom. The summed E-state index contributed by atoms with van der Waals surface area (Å²) in [6, 6.07) is 22.8. The van der Waals surface area contributed by atoms with Crippen molar-refractivity contribution in [3.8, 4) is 23.3 Å². The van der Waals surface area contributed by atoms with Gasteiger partial charge < -0.3 is 9.47 Å². The van der Waals surface area contributed by atoms with Crippen LogP contribution in [0.25, 0.3) is 0 Å². The average molecular weight is 342 g/mol. The molecule has 0 spiro atoms. The van der Waals surface area contributed by atoms with Gasteiger partial charge in [-0.2, -0.15) is 0 Å². The predicted octanol–water partition coefficient (Wildman–Crippen LogP) is 4.49. The van der Waals surface area contributed by atoms with Gasteiger partial charge in [0, 0.05) is 22.8 Å². The molecular formula is C23H18O3. The largest absolute Gasteiger partial charge is 0.493 e. The van der Waals surface area contributed by atoms with Crippen LogP contribution in [0.1, 0.15) is 27.0 Å². The minimum Gasteiger partial charge on any atom is -0.493 e. The van der Waals surface area contributed by atoms with Gasteiger partial charge in [0.2, 0.25) is 0 Å². The zero-order valence-corrected chi connectivity index (χ0v) is 14.4. The number of aldehydes is 1. The van der Waals surface area contributed by atoms with Crippen molar-refractivity contribution >= 4 is 6.29 Å². The van der Waals surface area contributed by atoms with Gasteiger partial charge in [0.15, 0.2) is 17.8 Å². The van der Waals surface area contributed by atoms with E-state index >= 15 is 0 Å². The number of ether oxygens (including phenoxy) is 2. The molecule has 0 saturated carbocycles. The molecule has 3 aromatic carbocycles. The third-order valence-corrected chi connectivity index (χ3v) is 3.82. The molecule has 3 nitrogen and oxygen atoms in total. The maximum Gasteiger partial charge on any atom is 0.162 e. The Bertz CT molecular complexity index is 936. The molecule has 0 bridgehead atoms. The highest BCUT2D eigenvalue weighted by Gasteiger charge is 2.11. The van der Waals surface area contributed by atoms with Gasteiger partial charge in [-0.1, -0.05) is 60.4 Å². The lowest BCUT2D eigenvalue weighted by Crippen LogP contribution is -2.00. The van der Waals surface area contributed by atoms with Crippen LogP contribution < -0.4 is 9.47 Å². The fraction of sp³-hybridized carbons (Fsp3) is 0.0870. The number of carbonyl (C=O) groups excluding carboxylic acids is 1. The van der Waals surface area contributed by atoms with Crippen LogP contribution in [0, 0.1) is 11.8 Å².